The quantitative estimate of drug-likeness (QED) is 0.251. The van der Waals surface area contributed by atoms with E-state index in [4.69, 9.17) is 4.74 Å². The summed E-state index contributed by atoms with van der Waals surface area (Å²) in [5.41, 5.74) is 0. The number of rotatable bonds is 11. The first kappa shape index (κ1) is 25.6. The predicted octanol–water partition coefficient (Wildman–Crippen LogP) is 2.60. The van der Waals surface area contributed by atoms with Crippen LogP contribution in [0.25, 0.3) is 0 Å². The van der Waals surface area contributed by atoms with Gasteiger partial charge in [-0.2, -0.15) is 0 Å². The summed E-state index contributed by atoms with van der Waals surface area (Å²) in [4.78, 5) is 44.2. The molecular formula is C23H35BrN2O5S. The zero-order valence-electron chi connectivity index (χ0n) is 19.2. The van der Waals surface area contributed by atoms with Crippen LogP contribution in [0.2, 0.25) is 0 Å². The highest BCUT2D eigenvalue weighted by molar-refractivity contribution is 9.09. The molecule has 0 aromatic rings. The number of ether oxygens (including phenoxy) is 1. The molecule has 4 unspecified atom stereocenters. The fourth-order valence-corrected chi connectivity index (χ4v) is 9.35. The van der Waals surface area contributed by atoms with Crippen molar-refractivity contribution in [3.63, 3.8) is 0 Å². The third-order valence-corrected chi connectivity index (χ3v) is 10.2. The first-order valence-corrected chi connectivity index (χ1v) is 13.4. The standard InChI is InChI=1S/C23H35BrN2O5S/c1-5-9-14(4)25(10-6-2)21(29)19-23-13-15(24)18(32-23)16(22(30)31-7-3)17(23)20(28)26(19)11-8-12-27/h6,14-19,27H,2,5,7-13H2,1,3-4H3/t14?,15?,16-,17+,18-,19?,23?/m1/s1. The molecule has 2 bridgehead atoms. The maximum Gasteiger partial charge on any atom is 0.310 e. The highest BCUT2D eigenvalue weighted by atomic mass is 79.9. The lowest BCUT2D eigenvalue weighted by Gasteiger charge is -2.39. The van der Waals surface area contributed by atoms with E-state index in [2.05, 4.69) is 29.4 Å². The third-order valence-electron chi connectivity index (χ3n) is 6.99. The lowest BCUT2D eigenvalue weighted by atomic mass is 9.71. The Hall–Kier alpha value is -1.06. The number of likely N-dealkylation sites (tertiary alicyclic amines) is 1. The number of aliphatic hydroxyl groups excluding tert-OH is 1. The molecule has 3 aliphatic rings. The van der Waals surface area contributed by atoms with Crippen LogP contribution >= 0.6 is 27.7 Å². The molecule has 0 aliphatic carbocycles. The molecule has 3 heterocycles. The zero-order valence-corrected chi connectivity index (χ0v) is 21.6. The van der Waals surface area contributed by atoms with Gasteiger partial charge >= 0.3 is 5.97 Å². The molecule has 3 rings (SSSR count). The number of hydrogen-bond acceptors (Lipinski definition) is 6. The number of hydrogen-bond donors (Lipinski definition) is 1. The van der Waals surface area contributed by atoms with Gasteiger partial charge in [-0.25, -0.2) is 0 Å². The molecule has 7 atom stereocenters. The van der Waals surface area contributed by atoms with E-state index in [1.807, 2.05) is 11.8 Å². The van der Waals surface area contributed by atoms with Gasteiger partial charge in [0.1, 0.15) is 6.04 Å². The number of nitrogens with zero attached hydrogens (tertiary/aromatic N) is 2. The van der Waals surface area contributed by atoms with E-state index in [1.165, 1.54) is 0 Å². The van der Waals surface area contributed by atoms with Gasteiger partial charge in [0.2, 0.25) is 11.8 Å². The Morgan fingerprint density at radius 3 is 2.78 bits per heavy atom. The molecule has 0 saturated carbocycles. The molecule has 3 saturated heterocycles. The maximum absolute atomic E-state index is 14.1. The minimum Gasteiger partial charge on any atom is -0.466 e. The summed E-state index contributed by atoms with van der Waals surface area (Å²) in [5.74, 6) is -1.75. The molecule has 1 N–H and O–H groups in total. The molecule has 1 spiro atoms. The largest absolute Gasteiger partial charge is 0.466 e. The molecule has 3 fully saturated rings. The number of amides is 2. The van der Waals surface area contributed by atoms with Gasteiger partial charge in [0.05, 0.1) is 23.2 Å². The van der Waals surface area contributed by atoms with Gasteiger partial charge in [-0.05, 0) is 33.1 Å². The first-order chi connectivity index (χ1) is 15.3. The second kappa shape index (κ2) is 10.5. The minimum absolute atomic E-state index is 0.0139. The molecular weight excluding hydrogens is 496 g/mol. The highest BCUT2D eigenvalue weighted by Gasteiger charge is 2.76. The molecule has 9 heteroatoms. The lowest BCUT2D eigenvalue weighted by Crippen LogP contribution is -2.57. The molecule has 3 aliphatic heterocycles. The molecule has 0 aromatic carbocycles. The first-order valence-electron chi connectivity index (χ1n) is 11.6. The number of halogens is 1. The lowest BCUT2D eigenvalue weighted by molar-refractivity contribution is -0.153. The second-order valence-corrected chi connectivity index (χ2v) is 11.7. The smallest absolute Gasteiger partial charge is 0.310 e. The van der Waals surface area contributed by atoms with Crippen LogP contribution in [0.4, 0.5) is 0 Å². The van der Waals surface area contributed by atoms with Gasteiger partial charge in [-0.1, -0.05) is 35.4 Å². The second-order valence-electron chi connectivity index (χ2n) is 8.94. The Labute approximate surface area is 203 Å². The average molecular weight is 532 g/mol. The number of carbonyl (C=O) groups is 3. The topological polar surface area (TPSA) is 87.2 Å². The molecule has 7 nitrogen and oxygen atoms in total. The predicted molar refractivity (Wildman–Crippen MR) is 129 cm³/mol. The summed E-state index contributed by atoms with van der Waals surface area (Å²) in [6.07, 6.45) is 4.56. The molecule has 2 amide bonds. The van der Waals surface area contributed by atoms with Crippen LogP contribution in [-0.4, -0.2) is 85.9 Å². The monoisotopic (exact) mass is 530 g/mol. The van der Waals surface area contributed by atoms with Crippen molar-refractivity contribution in [2.45, 2.75) is 73.4 Å². The van der Waals surface area contributed by atoms with Crippen molar-refractivity contribution in [3.05, 3.63) is 12.7 Å². The number of fused-ring (bicyclic) bond motifs is 1. The summed E-state index contributed by atoms with van der Waals surface area (Å²) >= 11 is 5.35. The van der Waals surface area contributed by atoms with Crippen LogP contribution in [0.3, 0.4) is 0 Å². The van der Waals surface area contributed by atoms with Crippen LogP contribution in [0, 0.1) is 11.8 Å². The zero-order chi connectivity index (χ0) is 23.6. The summed E-state index contributed by atoms with van der Waals surface area (Å²) in [5, 5.41) is 9.34. The summed E-state index contributed by atoms with van der Waals surface area (Å²) in [6.45, 7) is 10.6. The van der Waals surface area contributed by atoms with Crippen molar-refractivity contribution in [1.29, 1.82) is 0 Å². The van der Waals surface area contributed by atoms with Crippen molar-refractivity contribution in [2.24, 2.45) is 11.8 Å². The van der Waals surface area contributed by atoms with E-state index in [9.17, 15) is 19.5 Å². The van der Waals surface area contributed by atoms with E-state index in [1.54, 1.807) is 29.7 Å². The van der Waals surface area contributed by atoms with Gasteiger partial charge in [-0.15, -0.1) is 18.3 Å². The Bertz CT molecular complexity index is 752. The van der Waals surface area contributed by atoms with Gasteiger partial charge in [-0.3, -0.25) is 14.4 Å². The fraction of sp³-hybridized carbons (Fsp3) is 0.783. The minimum atomic E-state index is -0.675. The Morgan fingerprint density at radius 2 is 2.19 bits per heavy atom. The average Bonchev–Trinajstić information content (AvgIpc) is 3.34. The van der Waals surface area contributed by atoms with Crippen molar-refractivity contribution < 1.29 is 24.2 Å². The molecule has 0 aromatic heterocycles. The van der Waals surface area contributed by atoms with Crippen LogP contribution in [-0.2, 0) is 19.1 Å². The summed E-state index contributed by atoms with van der Waals surface area (Å²) in [6, 6.07) is -0.653. The summed E-state index contributed by atoms with van der Waals surface area (Å²) in [7, 11) is 0. The van der Waals surface area contributed by atoms with E-state index in [0.717, 1.165) is 12.8 Å². The number of alkyl halides is 1. The van der Waals surface area contributed by atoms with E-state index < -0.39 is 22.6 Å². The molecule has 180 valence electrons. The van der Waals surface area contributed by atoms with Crippen LogP contribution in [0.15, 0.2) is 12.7 Å². The van der Waals surface area contributed by atoms with E-state index >= 15 is 0 Å². The number of esters is 1. The maximum atomic E-state index is 14.1. The van der Waals surface area contributed by atoms with Gasteiger partial charge < -0.3 is 19.6 Å². The van der Waals surface area contributed by atoms with Gasteiger partial charge in [0, 0.05) is 35.8 Å². The van der Waals surface area contributed by atoms with Crippen LogP contribution in [0.5, 0.6) is 0 Å². The Kier molecular flexibility index (Phi) is 8.36. The normalized spacial score (nSPS) is 33.8. The Balaban J connectivity index is 2.04. The number of thioether (sulfide) groups is 1. The molecule has 0 radical (unpaired) electrons. The number of carbonyl (C=O) groups excluding carboxylic acids is 3. The van der Waals surface area contributed by atoms with Crippen molar-refractivity contribution in [1.82, 2.24) is 9.80 Å². The van der Waals surface area contributed by atoms with Crippen molar-refractivity contribution in [2.75, 3.05) is 26.3 Å². The third kappa shape index (κ3) is 4.13. The van der Waals surface area contributed by atoms with Gasteiger partial charge in [0.15, 0.2) is 0 Å². The number of aliphatic hydroxyl groups is 1. The fourth-order valence-electron chi connectivity index (χ4n) is 5.76. The van der Waals surface area contributed by atoms with Gasteiger partial charge in [0.25, 0.3) is 0 Å². The van der Waals surface area contributed by atoms with E-state index in [0.29, 0.717) is 25.9 Å². The molecule has 32 heavy (non-hydrogen) atoms. The van der Waals surface area contributed by atoms with Crippen molar-refractivity contribution >= 4 is 45.5 Å². The van der Waals surface area contributed by atoms with E-state index in [-0.39, 0.29) is 47.1 Å². The highest BCUT2D eigenvalue weighted by Crippen LogP contribution is 2.68. The summed E-state index contributed by atoms with van der Waals surface area (Å²) < 4.78 is 4.68. The Morgan fingerprint density at radius 1 is 1.47 bits per heavy atom. The SMILES string of the molecule is C=CCN(C(=O)C1N(CCCO)C(=O)[C@@H]2[C@@H](C(=O)OCC)[C@@H]3SC12CC3Br)C(C)CCC. The van der Waals surface area contributed by atoms with Crippen molar-refractivity contribution in [3.8, 4) is 0 Å². The van der Waals surface area contributed by atoms with Crippen LogP contribution < -0.4 is 0 Å². The van der Waals surface area contributed by atoms with Crippen LogP contribution in [0.1, 0.15) is 46.5 Å².